The Morgan fingerprint density at radius 3 is 2.95 bits per heavy atom. The number of aromatic nitrogens is 2. The largest absolute Gasteiger partial charge is 0.338 e. The van der Waals surface area contributed by atoms with Gasteiger partial charge in [0.05, 0.1) is 11.0 Å². The van der Waals surface area contributed by atoms with Gasteiger partial charge in [-0.05, 0) is 28.1 Å². The molecule has 0 amide bonds. The molecule has 100 valence electrons. The van der Waals surface area contributed by atoms with Crippen molar-refractivity contribution in [3.05, 3.63) is 46.8 Å². The van der Waals surface area contributed by atoms with E-state index >= 15 is 0 Å². The van der Waals surface area contributed by atoms with Gasteiger partial charge in [-0.15, -0.1) is 6.58 Å². The molecular formula is C12H10BrF2N3O. The van der Waals surface area contributed by atoms with E-state index in [2.05, 4.69) is 38.0 Å². The Labute approximate surface area is 116 Å². The van der Waals surface area contributed by atoms with Gasteiger partial charge in [-0.2, -0.15) is 4.98 Å². The number of benzene rings is 1. The zero-order chi connectivity index (χ0) is 13.8. The molecule has 1 aromatic carbocycles. The second-order valence-corrected chi connectivity index (χ2v) is 4.45. The fourth-order valence-electron chi connectivity index (χ4n) is 1.42. The van der Waals surface area contributed by atoms with Crippen molar-refractivity contribution in [3.8, 4) is 11.4 Å². The lowest BCUT2D eigenvalue weighted by Gasteiger charge is -2.01. The molecule has 2 aromatic rings. The predicted molar refractivity (Wildman–Crippen MR) is 69.3 cm³/mol. The monoisotopic (exact) mass is 329 g/mol. The molecule has 0 atom stereocenters. The highest BCUT2D eigenvalue weighted by atomic mass is 79.9. The summed E-state index contributed by atoms with van der Waals surface area (Å²) in [6, 6.07) is 2.40. The molecule has 19 heavy (non-hydrogen) atoms. The van der Waals surface area contributed by atoms with Gasteiger partial charge in [0, 0.05) is 12.1 Å². The first-order valence-corrected chi connectivity index (χ1v) is 6.21. The van der Waals surface area contributed by atoms with Crippen molar-refractivity contribution in [2.24, 2.45) is 0 Å². The Balaban J connectivity index is 2.23. The van der Waals surface area contributed by atoms with Crippen LogP contribution in [-0.2, 0) is 6.54 Å². The van der Waals surface area contributed by atoms with Gasteiger partial charge in [0.1, 0.15) is 0 Å². The first-order valence-electron chi connectivity index (χ1n) is 5.41. The summed E-state index contributed by atoms with van der Waals surface area (Å²) >= 11 is 2.98. The summed E-state index contributed by atoms with van der Waals surface area (Å²) in [6.45, 7) is 4.54. The molecule has 0 radical (unpaired) electrons. The lowest BCUT2D eigenvalue weighted by atomic mass is 10.2. The molecule has 0 unspecified atom stereocenters. The summed E-state index contributed by atoms with van der Waals surface area (Å²) in [5.74, 6) is -1.37. The van der Waals surface area contributed by atoms with Crippen LogP contribution in [0.3, 0.4) is 0 Å². The van der Waals surface area contributed by atoms with Crippen LogP contribution in [0.2, 0.25) is 0 Å². The third kappa shape index (κ3) is 3.05. The lowest BCUT2D eigenvalue weighted by molar-refractivity contribution is 0.370. The van der Waals surface area contributed by atoms with Gasteiger partial charge in [0.25, 0.3) is 0 Å². The smallest absolute Gasteiger partial charge is 0.240 e. The van der Waals surface area contributed by atoms with Gasteiger partial charge in [-0.25, -0.2) is 8.78 Å². The molecule has 0 saturated heterocycles. The summed E-state index contributed by atoms with van der Waals surface area (Å²) in [6.07, 6.45) is 1.70. The average molecular weight is 330 g/mol. The summed E-state index contributed by atoms with van der Waals surface area (Å²) in [5.41, 5.74) is 0.331. The maximum Gasteiger partial charge on any atom is 0.240 e. The molecule has 1 N–H and O–H groups in total. The van der Waals surface area contributed by atoms with Crippen molar-refractivity contribution < 1.29 is 13.3 Å². The van der Waals surface area contributed by atoms with E-state index in [1.54, 1.807) is 6.08 Å². The molecule has 0 saturated carbocycles. The lowest BCUT2D eigenvalue weighted by Crippen LogP contribution is -2.12. The zero-order valence-corrected chi connectivity index (χ0v) is 11.4. The van der Waals surface area contributed by atoms with Crippen molar-refractivity contribution in [1.29, 1.82) is 0 Å². The van der Waals surface area contributed by atoms with Crippen molar-refractivity contribution in [3.63, 3.8) is 0 Å². The van der Waals surface area contributed by atoms with Crippen LogP contribution in [0.1, 0.15) is 5.89 Å². The molecule has 2 rings (SSSR count). The van der Waals surface area contributed by atoms with E-state index in [-0.39, 0.29) is 10.3 Å². The molecule has 0 spiro atoms. The van der Waals surface area contributed by atoms with Crippen LogP contribution < -0.4 is 5.32 Å². The Morgan fingerprint density at radius 1 is 1.42 bits per heavy atom. The van der Waals surface area contributed by atoms with Crippen molar-refractivity contribution in [1.82, 2.24) is 15.5 Å². The highest BCUT2D eigenvalue weighted by Crippen LogP contribution is 2.29. The molecule has 0 fully saturated rings. The van der Waals surface area contributed by atoms with E-state index in [1.807, 2.05) is 0 Å². The Bertz CT molecular complexity index is 601. The van der Waals surface area contributed by atoms with Crippen LogP contribution >= 0.6 is 15.9 Å². The average Bonchev–Trinajstić information content (AvgIpc) is 2.85. The van der Waals surface area contributed by atoms with Gasteiger partial charge in [0.2, 0.25) is 11.7 Å². The zero-order valence-electron chi connectivity index (χ0n) is 9.79. The van der Waals surface area contributed by atoms with Gasteiger partial charge < -0.3 is 9.84 Å². The van der Waals surface area contributed by atoms with E-state index in [9.17, 15) is 8.78 Å². The number of hydrogen-bond acceptors (Lipinski definition) is 4. The minimum absolute atomic E-state index is 0.0288. The van der Waals surface area contributed by atoms with E-state index < -0.39 is 11.6 Å². The SMILES string of the molecule is C=CCNCc1nc(-c2ccc(F)c(F)c2Br)no1. The van der Waals surface area contributed by atoms with Gasteiger partial charge >= 0.3 is 0 Å². The van der Waals surface area contributed by atoms with E-state index in [0.29, 0.717) is 24.5 Å². The first-order chi connectivity index (χ1) is 9.13. The summed E-state index contributed by atoms with van der Waals surface area (Å²) in [7, 11) is 0. The summed E-state index contributed by atoms with van der Waals surface area (Å²) < 4.78 is 31.4. The quantitative estimate of drug-likeness (QED) is 0.520. The number of nitrogens with zero attached hydrogens (tertiary/aromatic N) is 2. The Kier molecular flexibility index (Phi) is 4.39. The molecule has 0 aliphatic carbocycles. The molecule has 4 nitrogen and oxygen atoms in total. The fourth-order valence-corrected chi connectivity index (χ4v) is 1.91. The Hall–Kier alpha value is -1.60. The number of halogens is 3. The van der Waals surface area contributed by atoms with Gasteiger partial charge in [-0.3, -0.25) is 0 Å². The van der Waals surface area contributed by atoms with Crippen molar-refractivity contribution in [2.45, 2.75) is 6.54 Å². The Morgan fingerprint density at radius 2 is 2.21 bits per heavy atom. The molecule has 1 aromatic heterocycles. The van der Waals surface area contributed by atoms with Crippen molar-refractivity contribution in [2.75, 3.05) is 6.54 Å². The van der Waals surface area contributed by atoms with Crippen LogP contribution in [0.15, 0.2) is 33.8 Å². The number of hydrogen-bond donors (Lipinski definition) is 1. The first kappa shape index (κ1) is 13.8. The van der Waals surface area contributed by atoms with Crippen LogP contribution in [0.25, 0.3) is 11.4 Å². The molecule has 1 heterocycles. The van der Waals surface area contributed by atoms with E-state index in [1.165, 1.54) is 6.07 Å². The second-order valence-electron chi connectivity index (χ2n) is 3.65. The second kappa shape index (κ2) is 6.03. The third-order valence-corrected chi connectivity index (χ3v) is 3.08. The van der Waals surface area contributed by atoms with Crippen LogP contribution in [0.5, 0.6) is 0 Å². The topological polar surface area (TPSA) is 51.0 Å². The highest BCUT2D eigenvalue weighted by Gasteiger charge is 2.16. The minimum Gasteiger partial charge on any atom is -0.338 e. The highest BCUT2D eigenvalue weighted by molar-refractivity contribution is 9.10. The molecule has 0 bridgehead atoms. The van der Waals surface area contributed by atoms with Gasteiger partial charge in [0.15, 0.2) is 11.6 Å². The standard InChI is InChI=1S/C12H10BrF2N3O/c1-2-5-16-6-9-17-12(18-19-9)7-3-4-8(14)11(15)10(7)13/h2-4,16H,1,5-6H2. The maximum absolute atomic E-state index is 13.4. The maximum atomic E-state index is 13.4. The third-order valence-electron chi connectivity index (χ3n) is 2.31. The molecular weight excluding hydrogens is 320 g/mol. The van der Waals surface area contributed by atoms with Crippen LogP contribution in [0, 0.1) is 11.6 Å². The minimum atomic E-state index is -0.978. The molecule has 0 aliphatic rings. The van der Waals surface area contributed by atoms with E-state index in [4.69, 9.17) is 4.52 Å². The van der Waals surface area contributed by atoms with Crippen molar-refractivity contribution >= 4 is 15.9 Å². The van der Waals surface area contributed by atoms with Crippen LogP contribution in [-0.4, -0.2) is 16.7 Å². The summed E-state index contributed by atoms with van der Waals surface area (Å²) in [4.78, 5) is 4.09. The molecule has 0 aliphatic heterocycles. The van der Waals surface area contributed by atoms with E-state index in [0.717, 1.165) is 6.07 Å². The normalized spacial score (nSPS) is 10.7. The molecule has 7 heteroatoms. The predicted octanol–water partition coefficient (Wildman–Crippen LogP) is 3.05. The number of rotatable bonds is 5. The van der Waals surface area contributed by atoms with Crippen LogP contribution in [0.4, 0.5) is 8.78 Å². The summed E-state index contributed by atoms with van der Waals surface area (Å²) in [5, 5.41) is 6.72. The fraction of sp³-hybridized carbons (Fsp3) is 0.167. The number of nitrogens with one attached hydrogen (secondary N) is 1. The van der Waals surface area contributed by atoms with Gasteiger partial charge in [-0.1, -0.05) is 11.2 Å².